The molecular weight excluding hydrogens is 460 g/mol. The van der Waals surface area contributed by atoms with Crippen molar-refractivity contribution in [3.8, 4) is 11.6 Å². The number of nitrogens with zero attached hydrogens (tertiary/aromatic N) is 5. The highest BCUT2D eigenvalue weighted by Gasteiger charge is 2.36. The number of carbonyl (C=O) groups is 1. The van der Waals surface area contributed by atoms with Crippen molar-refractivity contribution in [1.82, 2.24) is 20.3 Å². The molecular formula is C23H19ClN6O4. The van der Waals surface area contributed by atoms with E-state index in [1.165, 1.54) is 6.26 Å². The van der Waals surface area contributed by atoms with Gasteiger partial charge in [-0.1, -0.05) is 23.7 Å². The molecule has 0 radical (unpaired) electrons. The van der Waals surface area contributed by atoms with Gasteiger partial charge in [0.15, 0.2) is 0 Å². The Hall–Kier alpha value is -4.18. The molecule has 1 aliphatic rings. The summed E-state index contributed by atoms with van der Waals surface area (Å²) < 4.78 is 15.9. The number of halogens is 1. The number of amides is 1. The molecule has 2 aromatic heterocycles. The molecule has 34 heavy (non-hydrogen) atoms. The maximum atomic E-state index is 13.5. The van der Waals surface area contributed by atoms with Gasteiger partial charge in [0.1, 0.15) is 17.9 Å². The topological polar surface area (TPSA) is 119 Å². The molecule has 172 valence electrons. The third-order valence-electron chi connectivity index (χ3n) is 5.08. The van der Waals surface area contributed by atoms with Gasteiger partial charge in [0.2, 0.25) is 23.6 Å². The van der Waals surface area contributed by atoms with Crippen LogP contribution < -0.4 is 10.1 Å². The van der Waals surface area contributed by atoms with E-state index in [9.17, 15) is 4.79 Å². The molecule has 0 bridgehead atoms. The van der Waals surface area contributed by atoms with Gasteiger partial charge in [-0.25, -0.2) is 0 Å². The third-order valence-corrected chi connectivity index (χ3v) is 5.34. The summed E-state index contributed by atoms with van der Waals surface area (Å²) in [7, 11) is 0. The Morgan fingerprint density at radius 3 is 2.59 bits per heavy atom. The molecule has 4 aromatic rings. The largest absolute Gasteiger partial charge is 0.436 e. The predicted molar refractivity (Wildman–Crippen MR) is 123 cm³/mol. The Balaban J connectivity index is 1.38. The Morgan fingerprint density at radius 1 is 1.12 bits per heavy atom. The lowest BCUT2D eigenvalue weighted by molar-refractivity contribution is -0.130. The molecule has 0 saturated heterocycles. The van der Waals surface area contributed by atoms with Crippen LogP contribution in [0.1, 0.15) is 23.3 Å². The molecule has 1 unspecified atom stereocenters. The van der Waals surface area contributed by atoms with Crippen molar-refractivity contribution < 1.29 is 18.5 Å². The Kier molecular flexibility index (Phi) is 5.96. The second-order valence-electron chi connectivity index (χ2n) is 7.52. The highest BCUT2D eigenvalue weighted by molar-refractivity contribution is 6.30. The van der Waals surface area contributed by atoms with Crippen molar-refractivity contribution >= 4 is 29.2 Å². The fourth-order valence-corrected chi connectivity index (χ4v) is 3.54. The number of benzene rings is 2. The first-order valence-electron chi connectivity index (χ1n) is 10.4. The first-order chi connectivity index (χ1) is 16.5. The molecule has 3 heterocycles. The van der Waals surface area contributed by atoms with Crippen molar-refractivity contribution in [2.45, 2.75) is 19.4 Å². The van der Waals surface area contributed by atoms with E-state index in [0.717, 1.165) is 11.3 Å². The number of carbonyl (C=O) groups excluding carboxylic acids is 1. The molecule has 0 fully saturated rings. The third kappa shape index (κ3) is 4.76. The number of guanidine groups is 1. The first-order valence-corrected chi connectivity index (χ1v) is 10.8. The Labute approximate surface area is 199 Å². The standard InChI is InChI=1S/C23H19ClN6O4/c1-14-27-28-21(33-14)19-12-25-23(30(22(19)31)13-15-2-4-16(24)5-3-15)26-17-6-8-18(9-7-17)34-20-10-11-32-29-20/h2-11,19H,12-13H2,1H3,(H,25,26). The summed E-state index contributed by atoms with van der Waals surface area (Å²) >= 11 is 6.02. The summed E-state index contributed by atoms with van der Waals surface area (Å²) in [5.74, 6) is 1.16. The van der Waals surface area contributed by atoms with Crippen molar-refractivity contribution in [3.63, 3.8) is 0 Å². The summed E-state index contributed by atoms with van der Waals surface area (Å²) in [6, 6.07) is 16.1. The van der Waals surface area contributed by atoms with Gasteiger partial charge in [-0.2, -0.15) is 0 Å². The average molecular weight is 479 g/mol. The van der Waals surface area contributed by atoms with E-state index >= 15 is 0 Å². The predicted octanol–water partition coefficient (Wildman–Crippen LogP) is 4.41. The number of ether oxygens (including phenoxy) is 1. The number of aryl methyl sites for hydroxylation is 1. The van der Waals surface area contributed by atoms with Crippen LogP contribution in [-0.4, -0.2) is 38.7 Å². The zero-order valence-electron chi connectivity index (χ0n) is 18.0. The smallest absolute Gasteiger partial charge is 0.259 e. The number of aliphatic imine (C=N–C) groups is 1. The molecule has 1 N–H and O–H groups in total. The van der Waals surface area contributed by atoms with Crippen LogP contribution in [0, 0.1) is 6.92 Å². The van der Waals surface area contributed by atoms with Gasteiger partial charge in [-0.3, -0.25) is 14.7 Å². The van der Waals surface area contributed by atoms with E-state index in [2.05, 4.69) is 25.7 Å². The quantitative estimate of drug-likeness (QED) is 0.433. The fourth-order valence-electron chi connectivity index (χ4n) is 3.41. The zero-order chi connectivity index (χ0) is 23.5. The van der Waals surface area contributed by atoms with Crippen LogP contribution in [0.5, 0.6) is 11.6 Å². The zero-order valence-corrected chi connectivity index (χ0v) is 18.8. The van der Waals surface area contributed by atoms with Crippen molar-refractivity contribution in [3.05, 3.63) is 83.2 Å². The van der Waals surface area contributed by atoms with Gasteiger partial charge >= 0.3 is 0 Å². The second kappa shape index (κ2) is 9.36. The molecule has 0 aliphatic carbocycles. The second-order valence-corrected chi connectivity index (χ2v) is 7.95. The minimum atomic E-state index is -0.655. The lowest BCUT2D eigenvalue weighted by atomic mass is 10.1. The fraction of sp³-hybridized carbons (Fsp3) is 0.174. The molecule has 1 atom stereocenters. The van der Waals surface area contributed by atoms with E-state index in [-0.39, 0.29) is 18.3 Å². The van der Waals surface area contributed by atoms with Gasteiger partial charge < -0.3 is 19.0 Å². The summed E-state index contributed by atoms with van der Waals surface area (Å²) in [6.07, 6.45) is 1.43. The lowest BCUT2D eigenvalue weighted by Crippen LogP contribution is -2.47. The van der Waals surface area contributed by atoms with Crippen LogP contribution in [0.4, 0.5) is 5.69 Å². The van der Waals surface area contributed by atoms with Crippen LogP contribution in [0.15, 0.2) is 74.8 Å². The van der Waals surface area contributed by atoms with Crippen molar-refractivity contribution in [2.24, 2.45) is 4.99 Å². The summed E-state index contributed by atoms with van der Waals surface area (Å²) in [5, 5.41) is 15.4. The molecule has 10 nitrogen and oxygen atoms in total. The normalized spacial score (nSPS) is 15.8. The molecule has 11 heteroatoms. The van der Waals surface area contributed by atoms with E-state index in [0.29, 0.717) is 35.0 Å². The van der Waals surface area contributed by atoms with Gasteiger partial charge in [0.05, 0.1) is 13.1 Å². The van der Waals surface area contributed by atoms with E-state index in [4.69, 9.17) is 25.3 Å². The SMILES string of the molecule is Cc1nnc(C2CN=C(Nc3ccc(Oc4ccon4)cc3)N(Cc3ccc(Cl)cc3)C2=O)o1. The Bertz CT molecular complexity index is 1300. The number of nitrogens with one attached hydrogen (secondary N) is 1. The minimum Gasteiger partial charge on any atom is -0.436 e. The minimum absolute atomic E-state index is 0.188. The van der Waals surface area contributed by atoms with E-state index in [1.54, 1.807) is 42.2 Å². The van der Waals surface area contributed by atoms with Gasteiger partial charge in [-0.15, -0.1) is 10.2 Å². The number of anilines is 1. The van der Waals surface area contributed by atoms with Gasteiger partial charge in [-0.05, 0) is 47.1 Å². The number of hydrogen-bond donors (Lipinski definition) is 1. The van der Waals surface area contributed by atoms with Crippen molar-refractivity contribution in [1.29, 1.82) is 0 Å². The maximum Gasteiger partial charge on any atom is 0.259 e. The highest BCUT2D eigenvalue weighted by atomic mass is 35.5. The number of aromatic nitrogens is 3. The van der Waals surface area contributed by atoms with Gasteiger partial charge in [0.25, 0.3) is 5.88 Å². The number of hydrogen-bond acceptors (Lipinski definition) is 9. The first kappa shape index (κ1) is 21.7. The summed E-state index contributed by atoms with van der Waals surface area (Å²) in [4.78, 5) is 19.6. The van der Waals surface area contributed by atoms with Crippen LogP contribution in [0.2, 0.25) is 5.02 Å². The summed E-state index contributed by atoms with van der Waals surface area (Å²) in [6.45, 7) is 2.16. The molecule has 0 spiro atoms. The average Bonchev–Trinajstić information content (AvgIpc) is 3.51. The molecule has 2 aromatic carbocycles. The lowest BCUT2D eigenvalue weighted by Gasteiger charge is -2.31. The van der Waals surface area contributed by atoms with Crippen LogP contribution in [0.25, 0.3) is 0 Å². The van der Waals surface area contributed by atoms with Crippen LogP contribution in [-0.2, 0) is 11.3 Å². The molecule has 5 rings (SSSR count). The van der Waals surface area contributed by atoms with E-state index in [1.807, 2.05) is 24.3 Å². The van der Waals surface area contributed by atoms with Crippen molar-refractivity contribution in [2.75, 3.05) is 11.9 Å². The molecule has 1 amide bonds. The monoisotopic (exact) mass is 478 g/mol. The van der Waals surface area contributed by atoms with E-state index < -0.39 is 5.92 Å². The van der Waals surface area contributed by atoms with Crippen LogP contribution in [0.3, 0.4) is 0 Å². The summed E-state index contributed by atoms with van der Waals surface area (Å²) in [5.41, 5.74) is 1.62. The molecule has 0 saturated carbocycles. The Morgan fingerprint density at radius 2 is 1.91 bits per heavy atom. The van der Waals surface area contributed by atoms with Crippen LogP contribution >= 0.6 is 11.6 Å². The molecule has 1 aliphatic heterocycles. The highest BCUT2D eigenvalue weighted by Crippen LogP contribution is 2.26. The maximum absolute atomic E-state index is 13.5. The van der Waals surface area contributed by atoms with Gasteiger partial charge in [0, 0.05) is 23.7 Å². The number of rotatable bonds is 6.